The van der Waals surface area contributed by atoms with E-state index in [2.05, 4.69) is 26.5 Å². The number of thiocarbonyl (C=S) groups is 1. The number of hydrogen-bond donors (Lipinski definition) is 2. The molecule has 3 nitrogen and oxygen atoms in total. The van der Waals surface area contributed by atoms with E-state index in [9.17, 15) is 5.11 Å². The highest BCUT2D eigenvalue weighted by molar-refractivity contribution is 9.10. The molecule has 0 aliphatic rings. The van der Waals surface area contributed by atoms with Gasteiger partial charge in [0.2, 0.25) is 0 Å². The molecule has 0 atom stereocenters. The molecule has 0 saturated carbocycles. The van der Waals surface area contributed by atoms with E-state index in [4.69, 9.17) is 12.2 Å². The number of aromatic hydroxyl groups is 1. The Bertz CT molecular complexity index is 396. The molecule has 15 heavy (non-hydrogen) atoms. The lowest BCUT2D eigenvalue weighted by Gasteiger charge is -2.00. The Balaban J connectivity index is 2.71. The van der Waals surface area contributed by atoms with Crippen LogP contribution in [0.2, 0.25) is 0 Å². The monoisotopic (exact) mass is 304 g/mol. The molecule has 0 saturated heterocycles. The zero-order valence-corrected chi connectivity index (χ0v) is 11.1. The minimum Gasteiger partial charge on any atom is -0.507 e. The number of benzene rings is 1. The highest BCUT2D eigenvalue weighted by Gasteiger charge is 1.98. The number of nitrogens with zero attached hydrogens (tertiary/aromatic N) is 1. The van der Waals surface area contributed by atoms with E-state index in [-0.39, 0.29) is 5.75 Å². The number of hydrazone groups is 1. The van der Waals surface area contributed by atoms with Gasteiger partial charge in [0.15, 0.2) is 4.32 Å². The maximum Gasteiger partial charge on any atom is 0.153 e. The van der Waals surface area contributed by atoms with Crippen molar-refractivity contribution in [3.63, 3.8) is 0 Å². The molecule has 80 valence electrons. The fourth-order valence-electron chi connectivity index (χ4n) is 0.829. The van der Waals surface area contributed by atoms with E-state index in [1.165, 1.54) is 18.0 Å². The number of hydrogen-bond acceptors (Lipinski definition) is 4. The van der Waals surface area contributed by atoms with E-state index in [1.807, 2.05) is 6.26 Å². The highest BCUT2D eigenvalue weighted by Crippen LogP contribution is 2.19. The second-order valence-electron chi connectivity index (χ2n) is 2.56. The van der Waals surface area contributed by atoms with E-state index in [0.29, 0.717) is 9.88 Å². The lowest BCUT2D eigenvalue weighted by molar-refractivity contribution is 0.474. The maximum atomic E-state index is 9.48. The predicted octanol–water partition coefficient (Wildman–Crippen LogP) is 2.73. The first-order valence-corrected chi connectivity index (χ1v) is 6.41. The molecule has 0 amide bonds. The summed E-state index contributed by atoms with van der Waals surface area (Å²) in [6.45, 7) is 0. The van der Waals surface area contributed by atoms with Gasteiger partial charge in [-0.1, -0.05) is 39.9 Å². The summed E-state index contributed by atoms with van der Waals surface area (Å²) in [6.07, 6.45) is 3.38. The van der Waals surface area contributed by atoms with Gasteiger partial charge in [-0.15, -0.1) is 0 Å². The number of nitrogens with one attached hydrogen (secondary N) is 1. The molecule has 1 aromatic rings. The first-order chi connectivity index (χ1) is 7.13. The molecular weight excluding hydrogens is 296 g/mol. The summed E-state index contributed by atoms with van der Waals surface area (Å²) >= 11 is 9.61. The molecule has 0 aromatic heterocycles. The van der Waals surface area contributed by atoms with E-state index in [1.54, 1.807) is 18.2 Å². The molecular formula is C9H9BrN2OS2. The Labute approximate surface area is 106 Å². The fourth-order valence-corrected chi connectivity index (χ4v) is 1.40. The van der Waals surface area contributed by atoms with Crippen molar-refractivity contribution < 1.29 is 5.11 Å². The highest BCUT2D eigenvalue weighted by atomic mass is 79.9. The van der Waals surface area contributed by atoms with Gasteiger partial charge < -0.3 is 5.11 Å². The zero-order valence-electron chi connectivity index (χ0n) is 7.90. The van der Waals surface area contributed by atoms with Crippen LogP contribution in [0.15, 0.2) is 27.8 Å². The molecule has 1 aromatic carbocycles. The first kappa shape index (κ1) is 12.5. The molecule has 0 unspecified atom stereocenters. The summed E-state index contributed by atoms with van der Waals surface area (Å²) in [5.74, 6) is 0.179. The van der Waals surface area contributed by atoms with Crippen LogP contribution in [-0.4, -0.2) is 21.9 Å². The van der Waals surface area contributed by atoms with E-state index in [0.717, 1.165) is 4.47 Å². The molecule has 0 heterocycles. The number of phenolic OH excluding ortho intramolecular Hbond substituents is 1. The average Bonchev–Trinajstić information content (AvgIpc) is 2.23. The van der Waals surface area contributed by atoms with Crippen LogP contribution in [0.5, 0.6) is 5.75 Å². The third-order valence-electron chi connectivity index (χ3n) is 1.53. The topological polar surface area (TPSA) is 44.6 Å². The Morgan fingerprint density at radius 3 is 3.07 bits per heavy atom. The number of thioether (sulfide) groups is 1. The van der Waals surface area contributed by atoms with Crippen molar-refractivity contribution in [1.82, 2.24) is 5.43 Å². The molecule has 0 fully saturated rings. The number of phenols is 1. The summed E-state index contributed by atoms with van der Waals surface area (Å²) < 4.78 is 1.47. The summed E-state index contributed by atoms with van der Waals surface area (Å²) in [4.78, 5) is 0. The van der Waals surface area contributed by atoms with Gasteiger partial charge >= 0.3 is 0 Å². The normalized spacial score (nSPS) is 10.5. The van der Waals surface area contributed by atoms with Gasteiger partial charge in [0.25, 0.3) is 0 Å². The molecule has 0 bridgehead atoms. The van der Waals surface area contributed by atoms with Gasteiger partial charge in [0.1, 0.15) is 5.75 Å². The molecule has 6 heteroatoms. The van der Waals surface area contributed by atoms with Gasteiger partial charge in [-0.05, 0) is 24.5 Å². The Hall–Kier alpha value is -0.590. The molecule has 0 aliphatic heterocycles. The first-order valence-electron chi connectivity index (χ1n) is 3.99. The standard InChI is InChI=1S/C9H9BrN2OS2/c1-15-9(14)12-11-5-6-4-7(10)2-3-8(6)13/h2-5,13H,1H3,(H,12,14). The van der Waals surface area contributed by atoms with Crippen molar-refractivity contribution in [2.75, 3.05) is 6.26 Å². The lowest BCUT2D eigenvalue weighted by Crippen LogP contribution is -2.10. The minimum atomic E-state index is 0.179. The van der Waals surface area contributed by atoms with Crippen LogP contribution >= 0.6 is 39.9 Å². The van der Waals surface area contributed by atoms with Crippen LogP contribution < -0.4 is 5.43 Å². The molecule has 0 radical (unpaired) electrons. The largest absolute Gasteiger partial charge is 0.507 e. The van der Waals surface area contributed by atoms with Crippen LogP contribution in [-0.2, 0) is 0 Å². The second-order valence-corrected chi connectivity index (χ2v) is 4.96. The Morgan fingerprint density at radius 2 is 2.40 bits per heavy atom. The van der Waals surface area contributed by atoms with Crippen molar-refractivity contribution in [2.24, 2.45) is 5.10 Å². The predicted molar refractivity (Wildman–Crippen MR) is 72.6 cm³/mol. The summed E-state index contributed by atoms with van der Waals surface area (Å²) in [5, 5.41) is 13.4. The van der Waals surface area contributed by atoms with Gasteiger partial charge in [0, 0.05) is 10.0 Å². The van der Waals surface area contributed by atoms with Crippen LogP contribution in [0, 0.1) is 0 Å². The molecule has 0 aliphatic carbocycles. The second kappa shape index (κ2) is 6.09. The third-order valence-corrected chi connectivity index (χ3v) is 3.08. The van der Waals surface area contributed by atoms with Crippen molar-refractivity contribution in [3.8, 4) is 5.75 Å². The van der Waals surface area contributed by atoms with Crippen LogP contribution in [0.25, 0.3) is 0 Å². The van der Waals surface area contributed by atoms with Crippen molar-refractivity contribution in [1.29, 1.82) is 0 Å². The fraction of sp³-hybridized carbons (Fsp3) is 0.111. The SMILES string of the molecule is CSC(=S)NN=Cc1cc(Br)ccc1O. The Kier molecular flexibility index (Phi) is 5.07. The molecule has 2 N–H and O–H groups in total. The van der Waals surface area contributed by atoms with Crippen LogP contribution in [0.3, 0.4) is 0 Å². The van der Waals surface area contributed by atoms with E-state index < -0.39 is 0 Å². The van der Waals surface area contributed by atoms with Crippen molar-refractivity contribution in [2.45, 2.75) is 0 Å². The summed E-state index contributed by atoms with van der Waals surface area (Å²) in [6, 6.07) is 5.12. The summed E-state index contributed by atoms with van der Waals surface area (Å²) in [7, 11) is 0. The number of rotatable bonds is 2. The third kappa shape index (κ3) is 4.19. The minimum absolute atomic E-state index is 0.179. The average molecular weight is 305 g/mol. The lowest BCUT2D eigenvalue weighted by atomic mass is 10.2. The van der Waals surface area contributed by atoms with Gasteiger partial charge in [-0.25, -0.2) is 0 Å². The van der Waals surface area contributed by atoms with Gasteiger partial charge in [-0.2, -0.15) is 5.10 Å². The summed E-state index contributed by atoms with van der Waals surface area (Å²) in [5.41, 5.74) is 3.29. The molecule has 0 spiro atoms. The van der Waals surface area contributed by atoms with Crippen LogP contribution in [0.4, 0.5) is 0 Å². The van der Waals surface area contributed by atoms with Gasteiger partial charge in [0.05, 0.1) is 6.21 Å². The van der Waals surface area contributed by atoms with Gasteiger partial charge in [-0.3, -0.25) is 5.43 Å². The Morgan fingerprint density at radius 1 is 1.67 bits per heavy atom. The van der Waals surface area contributed by atoms with Crippen LogP contribution in [0.1, 0.15) is 5.56 Å². The number of halogens is 1. The van der Waals surface area contributed by atoms with E-state index >= 15 is 0 Å². The van der Waals surface area contributed by atoms with Crippen molar-refractivity contribution in [3.05, 3.63) is 28.2 Å². The maximum absolute atomic E-state index is 9.48. The zero-order chi connectivity index (χ0) is 11.3. The molecule has 1 rings (SSSR count). The smallest absolute Gasteiger partial charge is 0.153 e. The van der Waals surface area contributed by atoms with Crippen molar-refractivity contribution >= 4 is 50.4 Å². The quantitative estimate of drug-likeness (QED) is 0.501.